The highest BCUT2D eigenvalue weighted by molar-refractivity contribution is 6.30. The van der Waals surface area contributed by atoms with Gasteiger partial charge >= 0.3 is 0 Å². The lowest BCUT2D eigenvalue weighted by molar-refractivity contribution is 0.447. The zero-order valence-corrected chi connectivity index (χ0v) is 11.6. The maximum absolute atomic E-state index is 5.85. The number of rotatable bonds is 8. The molecular weight excluding hydrogens is 232 g/mol. The first-order chi connectivity index (χ1) is 8.26. The van der Waals surface area contributed by atoms with Crippen LogP contribution in [0.4, 0.5) is 0 Å². The van der Waals surface area contributed by atoms with Gasteiger partial charge in [-0.15, -0.1) is 0 Å². The normalized spacial score (nSPS) is 12.6. The molecule has 0 radical (unpaired) electrons. The van der Waals surface area contributed by atoms with Crippen LogP contribution in [-0.2, 0) is 6.42 Å². The second-order valence-corrected chi connectivity index (χ2v) is 4.85. The smallest absolute Gasteiger partial charge is 0.0406 e. The van der Waals surface area contributed by atoms with E-state index in [0.717, 1.165) is 37.0 Å². The monoisotopic (exact) mass is 254 g/mol. The van der Waals surface area contributed by atoms with Crippen molar-refractivity contribution in [1.82, 2.24) is 10.6 Å². The molecule has 96 valence electrons. The first-order valence-electron chi connectivity index (χ1n) is 6.36. The van der Waals surface area contributed by atoms with E-state index in [2.05, 4.69) is 29.7 Å². The summed E-state index contributed by atoms with van der Waals surface area (Å²) in [4.78, 5) is 0. The molecule has 17 heavy (non-hydrogen) atoms. The fourth-order valence-corrected chi connectivity index (χ4v) is 1.97. The zero-order chi connectivity index (χ0) is 12.5. The van der Waals surface area contributed by atoms with Crippen LogP contribution in [0.2, 0.25) is 5.02 Å². The summed E-state index contributed by atoms with van der Waals surface area (Å²) in [5.74, 6) is 0.727. The summed E-state index contributed by atoms with van der Waals surface area (Å²) < 4.78 is 0. The Kier molecular flexibility index (Phi) is 7.25. The highest BCUT2D eigenvalue weighted by Crippen LogP contribution is 2.09. The predicted octanol–water partition coefficient (Wildman–Crippen LogP) is 2.72. The molecule has 1 aromatic rings. The van der Waals surface area contributed by atoms with E-state index in [-0.39, 0.29) is 0 Å². The highest BCUT2D eigenvalue weighted by atomic mass is 35.5. The lowest BCUT2D eigenvalue weighted by Crippen LogP contribution is -2.30. The molecule has 0 saturated heterocycles. The Morgan fingerprint density at radius 1 is 1.18 bits per heavy atom. The van der Waals surface area contributed by atoms with Gasteiger partial charge in [-0.25, -0.2) is 0 Å². The minimum absolute atomic E-state index is 0.727. The molecule has 1 unspecified atom stereocenters. The van der Waals surface area contributed by atoms with E-state index in [4.69, 9.17) is 11.6 Å². The first kappa shape index (κ1) is 14.5. The molecule has 2 nitrogen and oxygen atoms in total. The molecule has 0 saturated carbocycles. The molecule has 0 spiro atoms. The number of hydrogen-bond donors (Lipinski definition) is 2. The summed E-state index contributed by atoms with van der Waals surface area (Å²) in [6.45, 7) is 5.44. The van der Waals surface area contributed by atoms with Crippen LogP contribution in [-0.4, -0.2) is 26.7 Å². The van der Waals surface area contributed by atoms with Gasteiger partial charge in [0.25, 0.3) is 0 Å². The van der Waals surface area contributed by atoms with Crippen LogP contribution in [0.15, 0.2) is 24.3 Å². The summed E-state index contributed by atoms with van der Waals surface area (Å²) in [6.07, 6.45) is 2.28. The summed E-state index contributed by atoms with van der Waals surface area (Å²) >= 11 is 5.85. The van der Waals surface area contributed by atoms with Crippen molar-refractivity contribution < 1.29 is 0 Å². The lowest BCUT2D eigenvalue weighted by atomic mass is 10.1. The van der Waals surface area contributed by atoms with E-state index in [1.54, 1.807) is 0 Å². The molecule has 3 heteroatoms. The highest BCUT2D eigenvalue weighted by Gasteiger charge is 2.03. The quantitative estimate of drug-likeness (QED) is 0.697. The minimum Gasteiger partial charge on any atom is -0.319 e. The fraction of sp³-hybridized carbons (Fsp3) is 0.571. The number of halogens is 1. The van der Waals surface area contributed by atoms with Crippen LogP contribution < -0.4 is 10.6 Å². The third-order valence-corrected chi connectivity index (χ3v) is 3.26. The van der Waals surface area contributed by atoms with E-state index >= 15 is 0 Å². The van der Waals surface area contributed by atoms with Crippen LogP contribution in [0.5, 0.6) is 0 Å². The summed E-state index contributed by atoms with van der Waals surface area (Å²) in [7, 11) is 2.01. The molecule has 0 heterocycles. The van der Waals surface area contributed by atoms with Gasteiger partial charge in [0.1, 0.15) is 0 Å². The third-order valence-electron chi connectivity index (χ3n) is 3.01. The van der Waals surface area contributed by atoms with Crippen LogP contribution >= 0.6 is 11.6 Å². The van der Waals surface area contributed by atoms with E-state index in [1.165, 1.54) is 12.0 Å². The van der Waals surface area contributed by atoms with E-state index in [0.29, 0.717) is 0 Å². The molecule has 2 N–H and O–H groups in total. The van der Waals surface area contributed by atoms with Crippen molar-refractivity contribution in [3.8, 4) is 0 Å². The largest absolute Gasteiger partial charge is 0.319 e. The van der Waals surface area contributed by atoms with Crippen LogP contribution in [0.3, 0.4) is 0 Å². The molecule has 1 atom stereocenters. The van der Waals surface area contributed by atoms with E-state index in [9.17, 15) is 0 Å². The molecule has 0 aliphatic carbocycles. The average Bonchev–Trinajstić information content (AvgIpc) is 2.35. The van der Waals surface area contributed by atoms with E-state index < -0.39 is 0 Å². The van der Waals surface area contributed by atoms with Gasteiger partial charge in [-0.05, 0) is 56.7 Å². The van der Waals surface area contributed by atoms with Gasteiger partial charge in [-0.2, -0.15) is 0 Å². The average molecular weight is 255 g/mol. The SMILES string of the molecule is CCC(CNC)CNCCc1ccc(Cl)cc1. The van der Waals surface area contributed by atoms with Crippen LogP contribution in [0, 0.1) is 5.92 Å². The van der Waals surface area contributed by atoms with Crippen molar-refractivity contribution in [1.29, 1.82) is 0 Å². The second kappa shape index (κ2) is 8.51. The Morgan fingerprint density at radius 2 is 1.88 bits per heavy atom. The number of benzene rings is 1. The second-order valence-electron chi connectivity index (χ2n) is 4.41. The van der Waals surface area contributed by atoms with Crippen molar-refractivity contribution in [3.63, 3.8) is 0 Å². The van der Waals surface area contributed by atoms with Crippen molar-refractivity contribution in [2.75, 3.05) is 26.7 Å². The first-order valence-corrected chi connectivity index (χ1v) is 6.73. The van der Waals surface area contributed by atoms with Gasteiger partial charge in [0.15, 0.2) is 0 Å². The maximum Gasteiger partial charge on any atom is 0.0406 e. The van der Waals surface area contributed by atoms with Crippen molar-refractivity contribution in [3.05, 3.63) is 34.9 Å². The predicted molar refractivity (Wildman–Crippen MR) is 75.7 cm³/mol. The van der Waals surface area contributed by atoms with Gasteiger partial charge in [0.2, 0.25) is 0 Å². The van der Waals surface area contributed by atoms with Crippen molar-refractivity contribution in [2.45, 2.75) is 19.8 Å². The Hall–Kier alpha value is -0.570. The molecule has 0 aromatic heterocycles. The summed E-state index contributed by atoms with van der Waals surface area (Å²) in [5.41, 5.74) is 1.34. The molecule has 0 amide bonds. The Morgan fingerprint density at radius 3 is 2.47 bits per heavy atom. The Labute approximate surface area is 110 Å². The van der Waals surface area contributed by atoms with Crippen LogP contribution in [0.25, 0.3) is 0 Å². The van der Waals surface area contributed by atoms with Gasteiger partial charge in [-0.1, -0.05) is 37.1 Å². The molecule has 0 aliphatic heterocycles. The van der Waals surface area contributed by atoms with Gasteiger partial charge in [-0.3, -0.25) is 0 Å². The number of hydrogen-bond acceptors (Lipinski definition) is 2. The minimum atomic E-state index is 0.727. The molecule has 1 aromatic carbocycles. The Balaban J connectivity index is 2.17. The van der Waals surface area contributed by atoms with Gasteiger partial charge in [0.05, 0.1) is 0 Å². The lowest BCUT2D eigenvalue weighted by Gasteiger charge is -2.15. The van der Waals surface area contributed by atoms with Gasteiger partial charge in [0, 0.05) is 5.02 Å². The molecule has 1 rings (SSSR count). The standard InChI is InChI=1S/C14H23ClN2/c1-3-12(10-16-2)11-17-9-8-13-4-6-14(15)7-5-13/h4-7,12,16-17H,3,8-11H2,1-2H3. The van der Waals surface area contributed by atoms with Gasteiger partial charge < -0.3 is 10.6 Å². The third kappa shape index (κ3) is 6.06. The maximum atomic E-state index is 5.85. The molecular formula is C14H23ClN2. The zero-order valence-electron chi connectivity index (χ0n) is 10.8. The van der Waals surface area contributed by atoms with E-state index in [1.807, 2.05) is 19.2 Å². The topological polar surface area (TPSA) is 24.1 Å². The Bertz CT molecular complexity index is 298. The fourth-order valence-electron chi connectivity index (χ4n) is 1.84. The number of nitrogens with one attached hydrogen (secondary N) is 2. The van der Waals surface area contributed by atoms with Crippen molar-refractivity contribution in [2.24, 2.45) is 5.92 Å². The molecule has 0 fully saturated rings. The van der Waals surface area contributed by atoms with Crippen molar-refractivity contribution >= 4 is 11.6 Å². The summed E-state index contributed by atoms with van der Waals surface area (Å²) in [5, 5.41) is 7.55. The summed E-state index contributed by atoms with van der Waals surface area (Å²) in [6, 6.07) is 8.09. The molecule has 0 aliphatic rings. The van der Waals surface area contributed by atoms with Crippen LogP contribution in [0.1, 0.15) is 18.9 Å². The molecule has 0 bridgehead atoms.